The third kappa shape index (κ3) is 4.52. The maximum Gasteiger partial charge on any atom is 0.416 e. The number of halogens is 3. The number of carbonyl (C=O) groups is 2. The molecule has 4 rings (SSSR count). The van der Waals surface area contributed by atoms with Crippen LogP contribution in [0.2, 0.25) is 0 Å². The molecule has 7 nitrogen and oxygen atoms in total. The molecule has 1 aliphatic heterocycles. The molecule has 31 heavy (non-hydrogen) atoms. The van der Waals surface area contributed by atoms with Crippen LogP contribution in [0.1, 0.15) is 42.0 Å². The van der Waals surface area contributed by atoms with Gasteiger partial charge in [0.15, 0.2) is 0 Å². The molecular formula is C21H24F3N5O2. The summed E-state index contributed by atoms with van der Waals surface area (Å²) in [6.45, 7) is 1.13. The lowest BCUT2D eigenvalue weighted by molar-refractivity contribution is -0.137. The lowest BCUT2D eigenvalue weighted by Gasteiger charge is -2.27. The highest BCUT2D eigenvalue weighted by Gasteiger charge is 2.30. The Morgan fingerprint density at radius 1 is 1.19 bits per heavy atom. The minimum Gasteiger partial charge on any atom is -0.349 e. The van der Waals surface area contributed by atoms with Crippen molar-refractivity contribution in [1.29, 1.82) is 0 Å². The van der Waals surface area contributed by atoms with Gasteiger partial charge in [0.1, 0.15) is 5.82 Å². The molecule has 1 saturated carbocycles. The smallest absolute Gasteiger partial charge is 0.349 e. The van der Waals surface area contributed by atoms with E-state index in [9.17, 15) is 22.8 Å². The fourth-order valence-electron chi connectivity index (χ4n) is 3.80. The normalized spacial score (nSPS) is 16.5. The molecule has 0 radical (unpaired) electrons. The van der Waals surface area contributed by atoms with Gasteiger partial charge in [-0.25, -0.2) is 9.78 Å². The Labute approximate surface area is 177 Å². The summed E-state index contributed by atoms with van der Waals surface area (Å²) < 4.78 is 40.0. The summed E-state index contributed by atoms with van der Waals surface area (Å²) in [5.74, 6) is 0.909. The quantitative estimate of drug-likeness (QED) is 0.772. The van der Waals surface area contributed by atoms with Gasteiger partial charge >= 0.3 is 12.2 Å². The van der Waals surface area contributed by atoms with Gasteiger partial charge in [-0.3, -0.25) is 4.79 Å². The van der Waals surface area contributed by atoms with E-state index in [-0.39, 0.29) is 17.9 Å². The van der Waals surface area contributed by atoms with Crippen molar-refractivity contribution in [2.45, 2.75) is 44.9 Å². The Balaban J connectivity index is 1.37. The number of amides is 3. The van der Waals surface area contributed by atoms with Crippen LogP contribution in [0.3, 0.4) is 0 Å². The summed E-state index contributed by atoms with van der Waals surface area (Å²) in [6, 6.07) is 3.97. The Hall–Kier alpha value is -3.04. The molecular weight excluding hydrogens is 411 g/mol. The molecule has 0 spiro atoms. The zero-order valence-corrected chi connectivity index (χ0v) is 17.1. The number of benzene rings is 1. The lowest BCUT2D eigenvalue weighted by Crippen LogP contribution is -2.39. The standard InChI is InChI=1S/C21H24F3N5O2/c1-28-17-12-29(20(31)26-15-7-5-14(6-8-15)21(22,23)24)10-9-16(17)27-18(28)11-25-19(30)13-3-2-4-13/h5-8,13H,2-4,9-12H2,1H3,(H,25,30)(H,26,31). The molecule has 0 saturated heterocycles. The van der Waals surface area contributed by atoms with Gasteiger partial charge in [0.2, 0.25) is 5.91 Å². The summed E-state index contributed by atoms with van der Waals surface area (Å²) in [5, 5.41) is 5.58. The van der Waals surface area contributed by atoms with Gasteiger partial charge in [-0.2, -0.15) is 13.2 Å². The van der Waals surface area contributed by atoms with Gasteiger partial charge in [0, 0.05) is 31.6 Å². The van der Waals surface area contributed by atoms with Crippen molar-refractivity contribution < 1.29 is 22.8 Å². The fraction of sp³-hybridized carbons (Fsp3) is 0.476. The van der Waals surface area contributed by atoms with Crippen LogP contribution in [0.15, 0.2) is 24.3 Å². The highest BCUT2D eigenvalue weighted by atomic mass is 19.4. The SMILES string of the molecule is Cn1c(CNC(=O)C2CCC2)nc2c1CN(C(=O)Nc1ccc(C(F)(F)F)cc1)CC2. The minimum atomic E-state index is -4.42. The predicted molar refractivity (Wildman–Crippen MR) is 107 cm³/mol. The van der Waals surface area contributed by atoms with Gasteiger partial charge in [0.05, 0.1) is 30.0 Å². The molecule has 2 aromatic rings. The zero-order chi connectivity index (χ0) is 22.2. The highest BCUT2D eigenvalue weighted by molar-refractivity contribution is 5.89. The average molecular weight is 435 g/mol. The summed E-state index contributed by atoms with van der Waals surface area (Å²) in [5.41, 5.74) is 1.32. The Kier molecular flexibility index (Phi) is 5.63. The Morgan fingerprint density at radius 3 is 2.52 bits per heavy atom. The van der Waals surface area contributed by atoms with Crippen LogP contribution in [0.25, 0.3) is 0 Å². The summed E-state index contributed by atoms with van der Waals surface area (Å²) in [4.78, 5) is 30.9. The van der Waals surface area contributed by atoms with E-state index in [1.807, 2.05) is 11.6 Å². The maximum absolute atomic E-state index is 12.7. The Bertz CT molecular complexity index is 980. The summed E-state index contributed by atoms with van der Waals surface area (Å²) in [6.07, 6.45) is -0.877. The molecule has 1 aromatic carbocycles. The zero-order valence-electron chi connectivity index (χ0n) is 17.1. The van der Waals surface area contributed by atoms with E-state index in [0.717, 1.165) is 48.6 Å². The monoisotopic (exact) mass is 435 g/mol. The van der Waals surface area contributed by atoms with Crippen molar-refractivity contribution in [3.05, 3.63) is 47.0 Å². The van der Waals surface area contributed by atoms with Crippen LogP contribution in [0, 0.1) is 5.92 Å². The van der Waals surface area contributed by atoms with Gasteiger partial charge in [-0.15, -0.1) is 0 Å². The van der Waals surface area contributed by atoms with Crippen LogP contribution in [-0.2, 0) is 37.5 Å². The first kappa shape index (κ1) is 21.2. The first-order valence-corrected chi connectivity index (χ1v) is 10.3. The van der Waals surface area contributed by atoms with Crippen LogP contribution in [0.4, 0.5) is 23.7 Å². The number of alkyl halides is 3. The van der Waals surface area contributed by atoms with E-state index in [4.69, 9.17) is 0 Å². The first-order chi connectivity index (χ1) is 14.7. The minimum absolute atomic E-state index is 0.0600. The van der Waals surface area contributed by atoms with Crippen molar-refractivity contribution in [2.24, 2.45) is 13.0 Å². The largest absolute Gasteiger partial charge is 0.416 e. The highest BCUT2D eigenvalue weighted by Crippen LogP contribution is 2.30. The van der Waals surface area contributed by atoms with Crippen molar-refractivity contribution >= 4 is 17.6 Å². The topological polar surface area (TPSA) is 79.3 Å². The Morgan fingerprint density at radius 2 is 1.90 bits per heavy atom. The third-order valence-corrected chi connectivity index (χ3v) is 6.00. The van der Waals surface area contributed by atoms with Crippen LogP contribution >= 0.6 is 0 Å². The number of carbonyl (C=O) groups excluding carboxylic acids is 2. The second-order valence-electron chi connectivity index (χ2n) is 8.00. The number of hydrogen-bond acceptors (Lipinski definition) is 3. The second kappa shape index (κ2) is 8.24. The number of rotatable bonds is 4. The number of anilines is 1. The van der Waals surface area contributed by atoms with Gasteiger partial charge in [0.25, 0.3) is 0 Å². The molecule has 2 N–H and O–H groups in total. The molecule has 2 heterocycles. The van der Waals surface area contributed by atoms with Crippen molar-refractivity contribution in [2.75, 3.05) is 11.9 Å². The third-order valence-electron chi connectivity index (χ3n) is 6.00. The van der Waals surface area contributed by atoms with E-state index in [2.05, 4.69) is 15.6 Å². The molecule has 1 aromatic heterocycles. The molecule has 10 heteroatoms. The summed E-state index contributed by atoms with van der Waals surface area (Å²) in [7, 11) is 1.86. The fourth-order valence-corrected chi connectivity index (χ4v) is 3.80. The van der Waals surface area contributed by atoms with Crippen molar-refractivity contribution in [3.8, 4) is 0 Å². The van der Waals surface area contributed by atoms with Crippen LogP contribution in [-0.4, -0.2) is 32.9 Å². The van der Waals surface area contributed by atoms with E-state index in [1.54, 1.807) is 4.90 Å². The van der Waals surface area contributed by atoms with E-state index in [0.29, 0.717) is 31.7 Å². The van der Waals surface area contributed by atoms with Crippen molar-refractivity contribution in [1.82, 2.24) is 19.8 Å². The molecule has 1 fully saturated rings. The predicted octanol–water partition coefficient (Wildman–Crippen LogP) is 3.45. The van der Waals surface area contributed by atoms with Crippen LogP contribution in [0.5, 0.6) is 0 Å². The number of urea groups is 1. The molecule has 3 amide bonds. The van der Waals surface area contributed by atoms with Gasteiger partial charge in [-0.1, -0.05) is 6.42 Å². The second-order valence-corrected chi connectivity index (χ2v) is 8.00. The molecule has 0 bridgehead atoms. The molecule has 0 atom stereocenters. The number of nitrogens with one attached hydrogen (secondary N) is 2. The summed E-state index contributed by atoms with van der Waals surface area (Å²) >= 11 is 0. The first-order valence-electron chi connectivity index (χ1n) is 10.3. The van der Waals surface area contributed by atoms with Gasteiger partial charge in [-0.05, 0) is 37.1 Å². The average Bonchev–Trinajstić information content (AvgIpc) is 3.00. The van der Waals surface area contributed by atoms with Crippen molar-refractivity contribution in [3.63, 3.8) is 0 Å². The molecule has 0 unspecified atom stereocenters. The number of hydrogen-bond donors (Lipinski definition) is 2. The van der Waals surface area contributed by atoms with E-state index < -0.39 is 11.7 Å². The lowest BCUT2D eigenvalue weighted by atomic mass is 9.85. The van der Waals surface area contributed by atoms with Crippen LogP contribution < -0.4 is 10.6 Å². The maximum atomic E-state index is 12.7. The molecule has 166 valence electrons. The van der Waals surface area contributed by atoms with E-state index in [1.165, 1.54) is 12.1 Å². The van der Waals surface area contributed by atoms with Gasteiger partial charge < -0.3 is 20.1 Å². The number of fused-ring (bicyclic) bond motifs is 1. The molecule has 2 aliphatic rings. The van der Waals surface area contributed by atoms with E-state index >= 15 is 0 Å². The number of nitrogens with zero attached hydrogens (tertiary/aromatic N) is 3. The number of aromatic nitrogens is 2. The number of imidazole rings is 1. The molecule has 1 aliphatic carbocycles.